The fraction of sp³-hybridized carbons (Fsp3) is 0.250. The molecule has 0 fully saturated rings. The molecule has 1 amide bonds. The highest BCUT2D eigenvalue weighted by Crippen LogP contribution is 1.78. The summed E-state index contributed by atoms with van der Waals surface area (Å²) in [5.41, 5.74) is 0. The second-order valence-electron chi connectivity index (χ2n) is 1.14. The lowest BCUT2D eigenvalue weighted by Crippen LogP contribution is -2.17. The molecule has 0 aromatic rings. The molecule has 4 nitrogen and oxygen atoms in total. The van der Waals surface area contributed by atoms with Crippen LogP contribution in [-0.4, -0.2) is 29.1 Å². The molecule has 0 atom stereocenters. The van der Waals surface area contributed by atoms with Gasteiger partial charge in [-0.3, -0.25) is 4.90 Å². The molecule has 0 unspecified atom stereocenters. The summed E-state index contributed by atoms with van der Waals surface area (Å²) in [7, 11) is 1.24. The van der Waals surface area contributed by atoms with Crippen LogP contribution in [0.2, 0.25) is 0 Å². The minimum Gasteiger partial charge on any atom is -0.465 e. The van der Waals surface area contributed by atoms with Crippen LogP contribution in [0.4, 0.5) is 4.79 Å². The number of hydrogen-bond acceptors (Lipinski definition) is 2. The van der Waals surface area contributed by atoms with Gasteiger partial charge in [0.15, 0.2) is 0 Å². The quantitative estimate of drug-likeness (QED) is 0.487. The van der Waals surface area contributed by atoms with Crippen molar-refractivity contribution in [2.24, 2.45) is 0 Å². The van der Waals surface area contributed by atoms with Crippen molar-refractivity contribution in [3.8, 4) is 0 Å². The van der Waals surface area contributed by atoms with Gasteiger partial charge in [0.25, 0.3) is 0 Å². The van der Waals surface area contributed by atoms with Gasteiger partial charge in [0.2, 0.25) is 0 Å². The molecule has 0 aromatic carbocycles. The van der Waals surface area contributed by atoms with Crippen molar-refractivity contribution in [3.63, 3.8) is 0 Å². The number of carbonyl (C=O) groups excluding carboxylic acids is 1. The smallest absolute Gasteiger partial charge is 0.411 e. The van der Waals surface area contributed by atoms with Gasteiger partial charge in [0.1, 0.15) is 5.94 Å². The zero-order chi connectivity index (χ0) is 6.57. The van der Waals surface area contributed by atoms with Crippen LogP contribution in [0.1, 0.15) is 0 Å². The Balaban J connectivity index is 3.82. The lowest BCUT2D eigenvalue weighted by molar-refractivity contribution is 0.171. The van der Waals surface area contributed by atoms with Crippen molar-refractivity contribution in [3.05, 3.63) is 6.20 Å². The Morgan fingerprint density at radius 1 is 1.88 bits per heavy atom. The number of carbonyl (C=O) groups is 1. The van der Waals surface area contributed by atoms with Crippen LogP contribution in [0, 0.1) is 0 Å². The average molecular weight is 115 g/mol. The fourth-order valence-electron chi connectivity index (χ4n) is 0.134. The highest BCUT2D eigenvalue weighted by molar-refractivity contribution is 5.68. The van der Waals surface area contributed by atoms with Gasteiger partial charge in [-0.1, -0.05) is 0 Å². The molecule has 0 aliphatic rings. The Kier molecular flexibility index (Phi) is 2.37. The van der Waals surface area contributed by atoms with E-state index in [-0.39, 0.29) is 0 Å². The molecule has 8 heavy (non-hydrogen) atoms. The highest BCUT2D eigenvalue weighted by atomic mass is 16.4. The van der Waals surface area contributed by atoms with Crippen molar-refractivity contribution in [2.45, 2.75) is 0 Å². The average Bonchev–Trinajstić information content (AvgIpc) is 1.67. The van der Waals surface area contributed by atoms with Crippen LogP contribution in [0.15, 0.2) is 6.20 Å². The van der Waals surface area contributed by atoms with E-state index in [4.69, 9.17) is 5.11 Å². The monoisotopic (exact) mass is 115 g/mol. The van der Waals surface area contributed by atoms with Crippen LogP contribution in [0.25, 0.3) is 0 Å². The molecule has 0 aromatic heterocycles. The van der Waals surface area contributed by atoms with Crippen LogP contribution in [0.3, 0.4) is 0 Å². The SMILES string of the molecule is CN(C=C=O)C(=O)O. The van der Waals surface area contributed by atoms with E-state index in [1.807, 2.05) is 0 Å². The minimum atomic E-state index is -1.17. The van der Waals surface area contributed by atoms with Gasteiger partial charge < -0.3 is 5.11 Å². The van der Waals surface area contributed by atoms with E-state index in [2.05, 4.69) is 0 Å². The molecular formula is C4H5NO3. The number of rotatable bonds is 1. The molecule has 0 aliphatic heterocycles. The maximum absolute atomic E-state index is 9.80. The summed E-state index contributed by atoms with van der Waals surface area (Å²) in [6, 6.07) is 0. The van der Waals surface area contributed by atoms with E-state index < -0.39 is 6.09 Å². The predicted molar refractivity (Wildman–Crippen MR) is 26.1 cm³/mol. The summed E-state index contributed by atoms with van der Waals surface area (Å²) in [6.07, 6.45) is -0.379. The Hall–Kier alpha value is -1.28. The van der Waals surface area contributed by atoms with Crippen LogP contribution in [0.5, 0.6) is 0 Å². The Morgan fingerprint density at radius 2 is 2.38 bits per heavy atom. The first kappa shape index (κ1) is 6.72. The molecule has 0 saturated carbocycles. The molecule has 0 radical (unpaired) electrons. The lowest BCUT2D eigenvalue weighted by Gasteiger charge is -2.00. The topological polar surface area (TPSA) is 57.6 Å². The predicted octanol–water partition coefficient (Wildman–Crippen LogP) is -0.0585. The lowest BCUT2D eigenvalue weighted by atomic mass is 10.8. The number of nitrogens with zero attached hydrogens (tertiary/aromatic N) is 1. The molecule has 0 rings (SSSR count). The van der Waals surface area contributed by atoms with E-state index in [0.29, 0.717) is 4.90 Å². The second kappa shape index (κ2) is 2.82. The molecule has 44 valence electrons. The molecule has 0 heterocycles. The van der Waals surface area contributed by atoms with Crippen molar-refractivity contribution >= 4 is 12.0 Å². The summed E-state index contributed by atoms with van der Waals surface area (Å²) in [6.45, 7) is 0. The first-order valence-corrected chi connectivity index (χ1v) is 1.85. The third-order valence-electron chi connectivity index (χ3n) is 0.548. The summed E-state index contributed by atoms with van der Waals surface area (Å²) >= 11 is 0. The first-order chi connectivity index (χ1) is 3.68. The van der Waals surface area contributed by atoms with Crippen molar-refractivity contribution in [1.29, 1.82) is 0 Å². The second-order valence-corrected chi connectivity index (χ2v) is 1.14. The van der Waals surface area contributed by atoms with Gasteiger partial charge in [-0.2, -0.15) is 0 Å². The van der Waals surface area contributed by atoms with Crippen LogP contribution >= 0.6 is 0 Å². The standard InChI is InChI=1S/C4H5NO3/c1-5(2-3-6)4(7)8/h2H,1H3,(H,7,8). The first-order valence-electron chi connectivity index (χ1n) is 1.85. The van der Waals surface area contributed by atoms with Gasteiger partial charge in [0, 0.05) is 7.05 Å². The van der Waals surface area contributed by atoms with Gasteiger partial charge in [-0.25, -0.2) is 9.59 Å². The summed E-state index contributed by atoms with van der Waals surface area (Å²) in [5, 5.41) is 8.03. The van der Waals surface area contributed by atoms with Gasteiger partial charge in [-0.05, 0) is 0 Å². The molecular weight excluding hydrogens is 110 g/mol. The molecule has 0 bridgehead atoms. The fourth-order valence-corrected chi connectivity index (χ4v) is 0.134. The van der Waals surface area contributed by atoms with E-state index >= 15 is 0 Å². The van der Waals surface area contributed by atoms with E-state index in [0.717, 1.165) is 6.20 Å². The normalized spacial score (nSPS) is 7.12. The van der Waals surface area contributed by atoms with E-state index in [9.17, 15) is 9.59 Å². The largest absolute Gasteiger partial charge is 0.465 e. The van der Waals surface area contributed by atoms with Crippen molar-refractivity contribution < 1.29 is 14.7 Å². The third-order valence-corrected chi connectivity index (χ3v) is 0.548. The zero-order valence-corrected chi connectivity index (χ0v) is 4.29. The molecule has 4 heteroatoms. The Bertz CT molecular complexity index is 134. The maximum atomic E-state index is 9.80. The van der Waals surface area contributed by atoms with Crippen molar-refractivity contribution in [1.82, 2.24) is 4.90 Å². The minimum absolute atomic E-state index is 0.715. The number of amides is 1. The molecule has 0 saturated heterocycles. The highest BCUT2D eigenvalue weighted by Gasteiger charge is 1.97. The van der Waals surface area contributed by atoms with Gasteiger partial charge in [0.05, 0.1) is 6.20 Å². The Labute approximate surface area is 46.0 Å². The number of hydrogen-bond donors (Lipinski definition) is 1. The molecule has 0 aliphatic carbocycles. The third kappa shape index (κ3) is 2.00. The van der Waals surface area contributed by atoms with Gasteiger partial charge in [-0.15, -0.1) is 0 Å². The van der Waals surface area contributed by atoms with Crippen LogP contribution < -0.4 is 0 Å². The van der Waals surface area contributed by atoms with E-state index in [1.54, 1.807) is 0 Å². The molecule has 1 N–H and O–H groups in total. The number of carboxylic acid groups (broad SMARTS) is 1. The van der Waals surface area contributed by atoms with E-state index in [1.165, 1.54) is 13.0 Å². The Morgan fingerprint density at radius 3 is 2.50 bits per heavy atom. The molecule has 0 spiro atoms. The summed E-state index contributed by atoms with van der Waals surface area (Å²) in [4.78, 5) is 20.0. The maximum Gasteiger partial charge on any atom is 0.411 e. The van der Waals surface area contributed by atoms with Crippen molar-refractivity contribution in [2.75, 3.05) is 7.05 Å². The van der Waals surface area contributed by atoms with Crippen LogP contribution in [-0.2, 0) is 4.79 Å². The zero-order valence-electron chi connectivity index (χ0n) is 4.29. The summed E-state index contributed by atoms with van der Waals surface area (Å²) < 4.78 is 0. The van der Waals surface area contributed by atoms with Gasteiger partial charge >= 0.3 is 6.09 Å². The summed E-state index contributed by atoms with van der Waals surface area (Å²) in [5.74, 6) is 1.32.